The van der Waals surface area contributed by atoms with Crippen LogP contribution in [0.4, 0.5) is 11.4 Å². The number of carbonyl (C=O) groups is 1. The average molecular weight is 298 g/mol. The highest BCUT2D eigenvalue weighted by Crippen LogP contribution is 2.34. The number of anilines is 2. The standard InChI is InChI=1S/C17H18N2O3/c1-21-16-10-11(9-14(19)17(16)22-2)3-8-15(20)12-4-6-13(18)7-5-12/h3-10H,18-19H2,1-2H3/b8-3+. The van der Waals surface area contributed by atoms with E-state index in [1.807, 2.05) is 0 Å². The number of rotatable bonds is 5. The zero-order chi connectivity index (χ0) is 16.1. The Morgan fingerprint density at radius 2 is 1.73 bits per heavy atom. The van der Waals surface area contributed by atoms with Crippen molar-refractivity contribution < 1.29 is 14.3 Å². The van der Waals surface area contributed by atoms with Crippen molar-refractivity contribution in [2.75, 3.05) is 25.7 Å². The van der Waals surface area contributed by atoms with Crippen LogP contribution in [0, 0.1) is 0 Å². The van der Waals surface area contributed by atoms with Gasteiger partial charge >= 0.3 is 0 Å². The van der Waals surface area contributed by atoms with Crippen LogP contribution in [-0.4, -0.2) is 20.0 Å². The van der Waals surface area contributed by atoms with Gasteiger partial charge in [0.25, 0.3) is 0 Å². The molecule has 0 bridgehead atoms. The first-order valence-corrected chi connectivity index (χ1v) is 6.64. The number of ketones is 1. The SMILES string of the molecule is COc1cc(/C=C/C(=O)c2ccc(N)cc2)cc(N)c1OC. The molecule has 0 spiro atoms. The number of hydrogen-bond acceptors (Lipinski definition) is 5. The summed E-state index contributed by atoms with van der Waals surface area (Å²) in [6, 6.07) is 10.2. The minimum atomic E-state index is -0.117. The summed E-state index contributed by atoms with van der Waals surface area (Å²) in [5.74, 6) is 0.875. The molecule has 5 nitrogen and oxygen atoms in total. The van der Waals surface area contributed by atoms with Crippen molar-refractivity contribution in [1.29, 1.82) is 0 Å². The van der Waals surface area contributed by atoms with Gasteiger partial charge in [0.15, 0.2) is 17.3 Å². The molecule has 0 saturated heterocycles. The summed E-state index contributed by atoms with van der Waals surface area (Å²) >= 11 is 0. The Kier molecular flexibility index (Phi) is 4.68. The van der Waals surface area contributed by atoms with E-state index in [9.17, 15) is 4.79 Å². The smallest absolute Gasteiger partial charge is 0.185 e. The molecule has 0 heterocycles. The van der Waals surface area contributed by atoms with Crippen molar-refractivity contribution in [3.63, 3.8) is 0 Å². The molecule has 0 amide bonds. The van der Waals surface area contributed by atoms with Gasteiger partial charge in [-0.3, -0.25) is 4.79 Å². The summed E-state index contributed by atoms with van der Waals surface area (Å²) < 4.78 is 10.4. The van der Waals surface area contributed by atoms with Crippen molar-refractivity contribution in [3.8, 4) is 11.5 Å². The van der Waals surface area contributed by atoms with Crippen LogP contribution in [0.2, 0.25) is 0 Å². The lowest BCUT2D eigenvalue weighted by Gasteiger charge is -2.11. The first kappa shape index (κ1) is 15.4. The molecule has 4 N–H and O–H groups in total. The molecule has 0 fully saturated rings. The minimum absolute atomic E-state index is 0.117. The van der Waals surface area contributed by atoms with E-state index in [1.54, 1.807) is 42.5 Å². The van der Waals surface area contributed by atoms with Crippen LogP contribution in [0.15, 0.2) is 42.5 Å². The number of methoxy groups -OCH3 is 2. The monoisotopic (exact) mass is 298 g/mol. The number of nitrogens with two attached hydrogens (primary N) is 2. The van der Waals surface area contributed by atoms with Gasteiger partial charge in [-0.15, -0.1) is 0 Å². The first-order valence-electron chi connectivity index (χ1n) is 6.64. The normalized spacial score (nSPS) is 10.6. The molecule has 0 radical (unpaired) electrons. The van der Waals surface area contributed by atoms with E-state index in [1.165, 1.54) is 20.3 Å². The topological polar surface area (TPSA) is 87.6 Å². The molecular formula is C17H18N2O3. The second-order valence-electron chi connectivity index (χ2n) is 4.67. The fourth-order valence-electron chi connectivity index (χ4n) is 2.03. The Morgan fingerprint density at radius 1 is 1.05 bits per heavy atom. The van der Waals surface area contributed by atoms with Gasteiger partial charge in [-0.05, 0) is 48.0 Å². The molecule has 0 aromatic heterocycles. The largest absolute Gasteiger partial charge is 0.493 e. The summed E-state index contributed by atoms with van der Waals surface area (Å²) in [6.07, 6.45) is 3.16. The lowest BCUT2D eigenvalue weighted by Crippen LogP contribution is -1.97. The summed E-state index contributed by atoms with van der Waals surface area (Å²) in [5.41, 5.74) is 13.9. The van der Waals surface area contributed by atoms with E-state index in [2.05, 4.69) is 0 Å². The molecule has 2 aromatic carbocycles. The third kappa shape index (κ3) is 3.38. The van der Waals surface area contributed by atoms with Gasteiger partial charge in [0.1, 0.15) is 0 Å². The van der Waals surface area contributed by atoms with Crippen LogP contribution in [0.25, 0.3) is 6.08 Å². The lowest BCUT2D eigenvalue weighted by molar-refractivity contribution is 0.104. The number of carbonyl (C=O) groups excluding carboxylic acids is 1. The van der Waals surface area contributed by atoms with Crippen LogP contribution in [0.5, 0.6) is 11.5 Å². The highest BCUT2D eigenvalue weighted by Gasteiger charge is 2.09. The molecular weight excluding hydrogens is 280 g/mol. The predicted octanol–water partition coefficient (Wildman–Crippen LogP) is 2.76. The summed E-state index contributed by atoms with van der Waals surface area (Å²) in [4.78, 5) is 12.1. The van der Waals surface area contributed by atoms with Crippen molar-refractivity contribution in [3.05, 3.63) is 53.6 Å². The number of benzene rings is 2. The Bertz CT molecular complexity index is 707. The maximum atomic E-state index is 12.1. The van der Waals surface area contributed by atoms with Gasteiger partial charge in [0.2, 0.25) is 0 Å². The van der Waals surface area contributed by atoms with Gasteiger partial charge < -0.3 is 20.9 Å². The van der Waals surface area contributed by atoms with E-state index in [4.69, 9.17) is 20.9 Å². The quantitative estimate of drug-likeness (QED) is 0.503. The molecule has 0 unspecified atom stereocenters. The van der Waals surface area contributed by atoms with Gasteiger partial charge in [-0.1, -0.05) is 6.08 Å². The first-order chi connectivity index (χ1) is 10.5. The summed E-state index contributed by atoms with van der Waals surface area (Å²) in [6.45, 7) is 0. The van der Waals surface area contributed by atoms with Crippen LogP contribution < -0.4 is 20.9 Å². The van der Waals surface area contributed by atoms with Crippen LogP contribution >= 0.6 is 0 Å². The average Bonchev–Trinajstić information content (AvgIpc) is 2.52. The molecule has 0 aliphatic heterocycles. The van der Waals surface area contributed by atoms with Crippen molar-refractivity contribution in [2.24, 2.45) is 0 Å². The van der Waals surface area contributed by atoms with Gasteiger partial charge in [0, 0.05) is 11.3 Å². The second kappa shape index (κ2) is 6.67. The minimum Gasteiger partial charge on any atom is -0.493 e. The third-order valence-electron chi connectivity index (χ3n) is 3.15. The van der Waals surface area contributed by atoms with Crippen LogP contribution in [0.3, 0.4) is 0 Å². The zero-order valence-electron chi connectivity index (χ0n) is 12.5. The Morgan fingerprint density at radius 3 is 2.32 bits per heavy atom. The predicted molar refractivity (Wildman–Crippen MR) is 88.2 cm³/mol. The second-order valence-corrected chi connectivity index (χ2v) is 4.67. The van der Waals surface area contributed by atoms with Gasteiger partial charge in [-0.2, -0.15) is 0 Å². The Balaban J connectivity index is 2.24. The maximum Gasteiger partial charge on any atom is 0.185 e. The van der Waals surface area contributed by atoms with E-state index in [0.29, 0.717) is 28.4 Å². The molecule has 2 aromatic rings. The summed E-state index contributed by atoms with van der Waals surface area (Å²) in [5, 5.41) is 0. The molecule has 0 aliphatic carbocycles. The summed E-state index contributed by atoms with van der Waals surface area (Å²) in [7, 11) is 3.05. The van der Waals surface area contributed by atoms with E-state index in [0.717, 1.165) is 5.56 Å². The van der Waals surface area contributed by atoms with E-state index < -0.39 is 0 Å². The molecule has 114 valence electrons. The fraction of sp³-hybridized carbons (Fsp3) is 0.118. The van der Waals surface area contributed by atoms with Gasteiger partial charge in [0.05, 0.1) is 19.9 Å². The Hall–Kier alpha value is -2.95. The number of nitrogen functional groups attached to an aromatic ring is 2. The fourth-order valence-corrected chi connectivity index (χ4v) is 2.03. The van der Waals surface area contributed by atoms with Crippen LogP contribution in [-0.2, 0) is 0 Å². The lowest BCUT2D eigenvalue weighted by atomic mass is 10.1. The number of hydrogen-bond donors (Lipinski definition) is 2. The highest BCUT2D eigenvalue weighted by atomic mass is 16.5. The maximum absolute atomic E-state index is 12.1. The number of ether oxygens (including phenoxy) is 2. The van der Waals surface area contributed by atoms with E-state index in [-0.39, 0.29) is 5.78 Å². The Labute approximate surface area is 129 Å². The van der Waals surface area contributed by atoms with Crippen molar-refractivity contribution in [1.82, 2.24) is 0 Å². The molecule has 0 atom stereocenters. The van der Waals surface area contributed by atoms with Crippen molar-refractivity contribution >= 4 is 23.2 Å². The molecule has 5 heteroatoms. The molecule has 0 aliphatic rings. The van der Waals surface area contributed by atoms with E-state index >= 15 is 0 Å². The zero-order valence-corrected chi connectivity index (χ0v) is 12.5. The van der Waals surface area contributed by atoms with Crippen molar-refractivity contribution in [2.45, 2.75) is 0 Å². The third-order valence-corrected chi connectivity index (χ3v) is 3.15. The molecule has 22 heavy (non-hydrogen) atoms. The molecule has 2 rings (SSSR count). The number of allylic oxidation sites excluding steroid dienone is 1. The van der Waals surface area contributed by atoms with Crippen LogP contribution in [0.1, 0.15) is 15.9 Å². The van der Waals surface area contributed by atoms with Gasteiger partial charge in [-0.25, -0.2) is 0 Å². The highest BCUT2D eigenvalue weighted by molar-refractivity contribution is 6.07. The molecule has 0 saturated carbocycles.